The molecule has 5 heteroatoms. The molecule has 0 aromatic heterocycles. The van der Waals surface area contributed by atoms with Crippen LogP contribution in [0.15, 0.2) is 0 Å². The van der Waals surface area contributed by atoms with Gasteiger partial charge in [0.15, 0.2) is 0 Å². The van der Waals surface area contributed by atoms with E-state index in [0.717, 1.165) is 32.1 Å². The van der Waals surface area contributed by atoms with Crippen LogP contribution in [0.3, 0.4) is 0 Å². The zero-order valence-electron chi connectivity index (χ0n) is 11.0. The van der Waals surface area contributed by atoms with Crippen molar-refractivity contribution in [2.24, 2.45) is 5.92 Å². The Labute approximate surface area is 107 Å². The summed E-state index contributed by atoms with van der Waals surface area (Å²) in [6.07, 6.45) is 4.78. The fraction of sp³-hybridized carbons (Fsp3) is 0.769. The molecule has 1 saturated heterocycles. The van der Waals surface area contributed by atoms with E-state index in [1.807, 2.05) is 13.8 Å². The average molecular weight is 252 g/mol. The highest BCUT2D eigenvalue weighted by Crippen LogP contribution is 2.42. The number of barbiturate groups is 1. The molecule has 1 saturated carbocycles. The summed E-state index contributed by atoms with van der Waals surface area (Å²) in [6.45, 7) is 3.92. The van der Waals surface area contributed by atoms with Crippen molar-refractivity contribution in [3.63, 3.8) is 0 Å². The van der Waals surface area contributed by atoms with Crippen LogP contribution in [-0.2, 0) is 9.59 Å². The van der Waals surface area contributed by atoms with Gasteiger partial charge in [-0.25, -0.2) is 4.79 Å². The van der Waals surface area contributed by atoms with E-state index >= 15 is 0 Å². The van der Waals surface area contributed by atoms with Gasteiger partial charge in [-0.3, -0.25) is 19.8 Å². The molecule has 0 bridgehead atoms. The minimum absolute atomic E-state index is 0.299. The van der Waals surface area contributed by atoms with Crippen LogP contribution in [0.25, 0.3) is 0 Å². The first kappa shape index (κ1) is 13.1. The maximum atomic E-state index is 12.4. The second kappa shape index (κ2) is 4.71. The Kier molecular flexibility index (Phi) is 3.41. The van der Waals surface area contributed by atoms with Gasteiger partial charge in [0.1, 0.15) is 5.92 Å². The second-order valence-corrected chi connectivity index (χ2v) is 5.24. The van der Waals surface area contributed by atoms with Gasteiger partial charge in [-0.1, -0.05) is 20.3 Å². The molecule has 1 unspecified atom stereocenters. The van der Waals surface area contributed by atoms with Crippen molar-refractivity contribution in [2.75, 3.05) is 0 Å². The predicted molar refractivity (Wildman–Crippen MR) is 65.7 cm³/mol. The van der Waals surface area contributed by atoms with Crippen molar-refractivity contribution in [2.45, 2.75) is 57.9 Å². The minimum atomic E-state index is -0.684. The normalized spacial score (nSPS) is 26.9. The van der Waals surface area contributed by atoms with Crippen LogP contribution in [0.2, 0.25) is 0 Å². The van der Waals surface area contributed by atoms with Crippen molar-refractivity contribution in [3.05, 3.63) is 0 Å². The Morgan fingerprint density at radius 3 is 2.39 bits per heavy atom. The Morgan fingerprint density at radius 1 is 1.28 bits per heavy atom. The van der Waals surface area contributed by atoms with Crippen molar-refractivity contribution < 1.29 is 14.4 Å². The highest BCUT2D eigenvalue weighted by Gasteiger charge is 2.52. The molecular formula is C13H20N2O3. The van der Waals surface area contributed by atoms with Crippen LogP contribution in [-0.4, -0.2) is 28.3 Å². The first-order chi connectivity index (χ1) is 8.55. The van der Waals surface area contributed by atoms with Gasteiger partial charge in [-0.2, -0.15) is 0 Å². The lowest BCUT2D eigenvalue weighted by Gasteiger charge is -2.50. The van der Waals surface area contributed by atoms with E-state index in [9.17, 15) is 14.4 Å². The summed E-state index contributed by atoms with van der Waals surface area (Å²) < 4.78 is 0. The Morgan fingerprint density at radius 2 is 1.94 bits per heavy atom. The summed E-state index contributed by atoms with van der Waals surface area (Å²) in [5.41, 5.74) is -0.339. The fourth-order valence-corrected chi connectivity index (χ4v) is 2.93. The van der Waals surface area contributed by atoms with Crippen LogP contribution < -0.4 is 5.32 Å². The molecule has 1 atom stereocenters. The van der Waals surface area contributed by atoms with E-state index < -0.39 is 17.9 Å². The van der Waals surface area contributed by atoms with E-state index in [1.165, 1.54) is 4.90 Å². The monoisotopic (exact) mass is 252 g/mol. The molecule has 2 aliphatic rings. The van der Waals surface area contributed by atoms with Gasteiger partial charge >= 0.3 is 6.03 Å². The minimum Gasteiger partial charge on any atom is -0.277 e. The molecule has 0 aromatic rings. The van der Waals surface area contributed by atoms with Gasteiger partial charge in [0.05, 0.1) is 5.54 Å². The summed E-state index contributed by atoms with van der Waals surface area (Å²) in [4.78, 5) is 37.3. The number of hydrogen-bond acceptors (Lipinski definition) is 3. The van der Waals surface area contributed by atoms with Gasteiger partial charge in [0, 0.05) is 0 Å². The molecule has 1 heterocycles. The number of carbonyl (C=O) groups excluding carboxylic acids is 3. The highest BCUT2D eigenvalue weighted by atomic mass is 16.2. The summed E-state index contributed by atoms with van der Waals surface area (Å²) >= 11 is 0. The third kappa shape index (κ3) is 1.82. The predicted octanol–water partition coefficient (Wildman–Crippen LogP) is 1.81. The number of rotatable bonds is 4. The molecule has 100 valence electrons. The number of urea groups is 1. The largest absolute Gasteiger partial charge is 0.331 e. The van der Waals surface area contributed by atoms with Gasteiger partial charge in [0.25, 0.3) is 0 Å². The lowest BCUT2D eigenvalue weighted by molar-refractivity contribution is -0.149. The molecule has 0 aromatic carbocycles. The van der Waals surface area contributed by atoms with E-state index in [4.69, 9.17) is 0 Å². The van der Waals surface area contributed by atoms with Gasteiger partial charge in [0.2, 0.25) is 11.8 Å². The first-order valence-corrected chi connectivity index (χ1v) is 6.74. The number of amides is 4. The van der Waals surface area contributed by atoms with Crippen LogP contribution in [0.1, 0.15) is 52.4 Å². The maximum Gasteiger partial charge on any atom is 0.331 e. The molecule has 2 rings (SSSR count). The summed E-state index contributed by atoms with van der Waals surface area (Å²) in [6, 6.07) is -0.529. The number of carbonyl (C=O) groups is 3. The molecule has 5 nitrogen and oxygen atoms in total. The van der Waals surface area contributed by atoms with Gasteiger partial charge in [-0.15, -0.1) is 0 Å². The fourth-order valence-electron chi connectivity index (χ4n) is 2.93. The number of nitrogens with zero attached hydrogens (tertiary/aromatic N) is 1. The number of nitrogens with one attached hydrogen (secondary N) is 1. The Hall–Kier alpha value is -1.39. The lowest BCUT2D eigenvalue weighted by atomic mass is 9.72. The van der Waals surface area contributed by atoms with Crippen molar-refractivity contribution in [1.82, 2.24) is 10.2 Å². The zero-order valence-corrected chi connectivity index (χ0v) is 11.0. The molecule has 2 fully saturated rings. The molecule has 0 radical (unpaired) electrons. The highest BCUT2D eigenvalue weighted by molar-refractivity contribution is 6.16. The van der Waals surface area contributed by atoms with Gasteiger partial charge < -0.3 is 0 Å². The lowest BCUT2D eigenvalue weighted by Crippen LogP contribution is -2.67. The van der Waals surface area contributed by atoms with E-state index in [0.29, 0.717) is 6.42 Å². The SMILES string of the molecule is CCCC1C(=O)NC(=O)N(C2(CC)CCC2)C1=O. The van der Waals surface area contributed by atoms with Crippen LogP contribution >= 0.6 is 0 Å². The Bertz CT molecular complexity index is 382. The van der Waals surface area contributed by atoms with Crippen molar-refractivity contribution >= 4 is 17.8 Å². The van der Waals surface area contributed by atoms with Crippen LogP contribution in [0.4, 0.5) is 4.79 Å². The van der Waals surface area contributed by atoms with Crippen molar-refractivity contribution in [3.8, 4) is 0 Å². The average Bonchev–Trinajstić information content (AvgIpc) is 2.27. The number of hydrogen-bond donors (Lipinski definition) is 1. The summed E-state index contributed by atoms with van der Waals surface area (Å²) in [5.74, 6) is -1.42. The second-order valence-electron chi connectivity index (χ2n) is 5.24. The van der Waals surface area contributed by atoms with E-state index in [2.05, 4.69) is 5.32 Å². The Balaban J connectivity index is 2.26. The zero-order chi connectivity index (χ0) is 13.3. The molecule has 4 amide bonds. The first-order valence-electron chi connectivity index (χ1n) is 6.74. The molecular weight excluding hydrogens is 232 g/mol. The van der Waals surface area contributed by atoms with Crippen molar-refractivity contribution in [1.29, 1.82) is 0 Å². The van der Waals surface area contributed by atoms with Crippen LogP contribution in [0.5, 0.6) is 0 Å². The van der Waals surface area contributed by atoms with E-state index in [-0.39, 0.29) is 11.4 Å². The third-order valence-corrected chi connectivity index (χ3v) is 4.26. The summed E-state index contributed by atoms with van der Waals surface area (Å²) in [7, 11) is 0. The topological polar surface area (TPSA) is 66.5 Å². The molecule has 1 aliphatic carbocycles. The molecule has 18 heavy (non-hydrogen) atoms. The quantitative estimate of drug-likeness (QED) is 0.776. The number of imide groups is 2. The summed E-state index contributed by atoms with van der Waals surface area (Å²) in [5, 5.41) is 2.33. The van der Waals surface area contributed by atoms with Crippen LogP contribution in [0, 0.1) is 5.92 Å². The molecule has 1 N–H and O–H groups in total. The standard InChI is InChI=1S/C13H20N2O3/c1-3-6-9-10(16)14-12(18)15(11(9)17)13(4-2)7-5-8-13/h9H,3-8H2,1-2H3,(H,14,16,18). The smallest absolute Gasteiger partial charge is 0.277 e. The maximum absolute atomic E-state index is 12.4. The molecule has 1 aliphatic heterocycles. The van der Waals surface area contributed by atoms with E-state index in [1.54, 1.807) is 0 Å². The molecule has 0 spiro atoms. The third-order valence-electron chi connectivity index (χ3n) is 4.26. The van der Waals surface area contributed by atoms with Gasteiger partial charge in [-0.05, 0) is 32.1 Å².